The van der Waals surface area contributed by atoms with Gasteiger partial charge in [0, 0.05) is 11.8 Å². The summed E-state index contributed by atoms with van der Waals surface area (Å²) in [4.78, 5) is 13.9. The van der Waals surface area contributed by atoms with Crippen LogP contribution in [0.3, 0.4) is 0 Å². The van der Waals surface area contributed by atoms with Crippen molar-refractivity contribution >= 4 is 5.97 Å². The first kappa shape index (κ1) is 16.3. The molecule has 3 nitrogen and oxygen atoms in total. The molecular formula is C11H9F6NO2. The van der Waals surface area contributed by atoms with Gasteiger partial charge in [0.2, 0.25) is 0 Å². The van der Waals surface area contributed by atoms with Crippen LogP contribution in [0.1, 0.15) is 30.2 Å². The molecule has 112 valence electrons. The fourth-order valence-electron chi connectivity index (χ4n) is 1.46. The van der Waals surface area contributed by atoms with E-state index in [9.17, 15) is 31.1 Å². The minimum Gasteiger partial charge on any atom is -0.466 e. The molecule has 0 atom stereocenters. The van der Waals surface area contributed by atoms with E-state index < -0.39 is 47.6 Å². The Morgan fingerprint density at radius 2 is 2.00 bits per heavy atom. The lowest BCUT2D eigenvalue weighted by Crippen LogP contribution is -2.19. The van der Waals surface area contributed by atoms with Crippen LogP contribution in [0.5, 0.6) is 0 Å². The van der Waals surface area contributed by atoms with Crippen molar-refractivity contribution < 1.29 is 35.9 Å². The van der Waals surface area contributed by atoms with E-state index in [2.05, 4.69) is 9.72 Å². The SMILES string of the molecule is CCOC(=O)Cc1c(C(F)(F)F)ncc(C(F)F)c1F. The van der Waals surface area contributed by atoms with Gasteiger partial charge < -0.3 is 4.74 Å². The van der Waals surface area contributed by atoms with E-state index in [1.165, 1.54) is 6.92 Å². The average molecular weight is 301 g/mol. The maximum absolute atomic E-state index is 13.7. The molecule has 0 aliphatic carbocycles. The number of esters is 1. The minimum absolute atomic E-state index is 0.109. The number of alkyl halides is 5. The molecule has 0 unspecified atom stereocenters. The highest BCUT2D eigenvalue weighted by Crippen LogP contribution is 2.34. The fraction of sp³-hybridized carbons (Fsp3) is 0.455. The Balaban J connectivity index is 3.34. The van der Waals surface area contributed by atoms with E-state index >= 15 is 0 Å². The molecule has 0 aromatic carbocycles. The lowest BCUT2D eigenvalue weighted by atomic mass is 10.1. The number of hydrogen-bond donors (Lipinski definition) is 0. The van der Waals surface area contributed by atoms with Gasteiger partial charge in [0.25, 0.3) is 6.43 Å². The van der Waals surface area contributed by atoms with Crippen LogP contribution < -0.4 is 0 Å². The van der Waals surface area contributed by atoms with Crippen molar-refractivity contribution in [2.75, 3.05) is 6.61 Å². The van der Waals surface area contributed by atoms with Gasteiger partial charge in [0.05, 0.1) is 18.6 Å². The molecular weight excluding hydrogens is 292 g/mol. The molecule has 0 saturated heterocycles. The molecule has 0 N–H and O–H groups in total. The summed E-state index contributed by atoms with van der Waals surface area (Å²) >= 11 is 0. The first-order valence-corrected chi connectivity index (χ1v) is 5.36. The summed E-state index contributed by atoms with van der Waals surface area (Å²) in [6.07, 6.45) is -9.42. The average Bonchev–Trinajstić information content (AvgIpc) is 2.29. The number of hydrogen-bond acceptors (Lipinski definition) is 3. The van der Waals surface area contributed by atoms with Crippen molar-refractivity contribution in [2.24, 2.45) is 0 Å². The number of nitrogens with zero attached hydrogens (tertiary/aromatic N) is 1. The van der Waals surface area contributed by atoms with Crippen LogP contribution in [-0.4, -0.2) is 17.6 Å². The van der Waals surface area contributed by atoms with Gasteiger partial charge in [-0.3, -0.25) is 9.78 Å². The molecule has 0 saturated carbocycles. The predicted octanol–water partition coefficient (Wildman–Crippen LogP) is 3.28. The Labute approximate surface area is 109 Å². The van der Waals surface area contributed by atoms with Crippen molar-refractivity contribution in [1.82, 2.24) is 4.98 Å². The zero-order chi connectivity index (χ0) is 15.5. The smallest absolute Gasteiger partial charge is 0.433 e. The monoisotopic (exact) mass is 301 g/mol. The first-order chi connectivity index (χ1) is 9.18. The zero-order valence-corrected chi connectivity index (χ0v) is 10.1. The van der Waals surface area contributed by atoms with Gasteiger partial charge in [-0.25, -0.2) is 13.2 Å². The molecule has 0 amide bonds. The highest BCUT2D eigenvalue weighted by atomic mass is 19.4. The van der Waals surface area contributed by atoms with Gasteiger partial charge in [0.1, 0.15) is 5.82 Å². The number of carbonyl (C=O) groups excluding carboxylic acids is 1. The van der Waals surface area contributed by atoms with Gasteiger partial charge in [-0.1, -0.05) is 0 Å². The van der Waals surface area contributed by atoms with Crippen molar-refractivity contribution in [2.45, 2.75) is 25.9 Å². The third-order valence-corrected chi connectivity index (χ3v) is 2.27. The largest absolute Gasteiger partial charge is 0.466 e. The Morgan fingerprint density at radius 3 is 2.45 bits per heavy atom. The molecule has 0 aliphatic rings. The summed E-state index contributed by atoms with van der Waals surface area (Å²) in [7, 11) is 0. The molecule has 9 heteroatoms. The minimum atomic E-state index is -5.07. The van der Waals surface area contributed by atoms with Crippen LogP contribution in [-0.2, 0) is 22.1 Å². The molecule has 0 spiro atoms. The second kappa shape index (κ2) is 6.10. The van der Waals surface area contributed by atoms with Crippen LogP contribution in [0.4, 0.5) is 26.3 Å². The van der Waals surface area contributed by atoms with Crippen molar-refractivity contribution in [3.05, 3.63) is 28.8 Å². The number of aromatic nitrogens is 1. The third-order valence-electron chi connectivity index (χ3n) is 2.27. The van der Waals surface area contributed by atoms with Gasteiger partial charge in [-0.2, -0.15) is 13.2 Å². The Bertz CT molecular complexity index is 500. The molecule has 1 heterocycles. The maximum Gasteiger partial charge on any atom is 0.433 e. The quantitative estimate of drug-likeness (QED) is 0.633. The molecule has 0 fully saturated rings. The van der Waals surface area contributed by atoms with Crippen molar-refractivity contribution in [3.8, 4) is 0 Å². The molecule has 1 rings (SSSR count). The van der Waals surface area contributed by atoms with E-state index in [1.807, 2.05) is 0 Å². The van der Waals surface area contributed by atoms with Gasteiger partial charge in [-0.05, 0) is 6.92 Å². The van der Waals surface area contributed by atoms with Gasteiger partial charge >= 0.3 is 12.1 Å². The summed E-state index contributed by atoms with van der Waals surface area (Å²) in [6, 6.07) is 0. The van der Waals surface area contributed by atoms with Crippen LogP contribution in [0.25, 0.3) is 0 Å². The van der Waals surface area contributed by atoms with Gasteiger partial charge in [0.15, 0.2) is 5.69 Å². The third kappa shape index (κ3) is 3.61. The van der Waals surface area contributed by atoms with Crippen LogP contribution in [0.15, 0.2) is 6.20 Å². The number of carbonyl (C=O) groups is 1. The summed E-state index contributed by atoms with van der Waals surface area (Å²) in [5.41, 5.74) is -4.25. The normalized spacial score (nSPS) is 11.8. The Kier molecular flexibility index (Phi) is 4.96. The maximum atomic E-state index is 13.7. The Morgan fingerprint density at radius 1 is 1.40 bits per heavy atom. The predicted molar refractivity (Wildman–Crippen MR) is 54.5 cm³/mol. The van der Waals surface area contributed by atoms with E-state index in [0.29, 0.717) is 0 Å². The summed E-state index contributed by atoms with van der Waals surface area (Å²) in [5, 5.41) is 0. The molecule has 1 aromatic rings. The Hall–Kier alpha value is -1.80. The molecule has 0 aliphatic heterocycles. The van der Waals surface area contributed by atoms with E-state index in [-0.39, 0.29) is 12.8 Å². The fourth-order valence-corrected chi connectivity index (χ4v) is 1.46. The lowest BCUT2D eigenvalue weighted by Gasteiger charge is -2.14. The number of halogens is 6. The topological polar surface area (TPSA) is 39.2 Å². The summed E-state index contributed by atoms with van der Waals surface area (Å²) in [6.45, 7) is 1.26. The summed E-state index contributed by atoms with van der Waals surface area (Å²) < 4.78 is 80.8. The number of rotatable bonds is 4. The van der Waals surface area contributed by atoms with Gasteiger partial charge in [-0.15, -0.1) is 0 Å². The highest BCUT2D eigenvalue weighted by molar-refractivity contribution is 5.73. The summed E-state index contributed by atoms with van der Waals surface area (Å²) in [5.74, 6) is -2.96. The number of pyridine rings is 1. The first-order valence-electron chi connectivity index (χ1n) is 5.36. The molecule has 0 radical (unpaired) electrons. The van der Waals surface area contributed by atoms with E-state index in [0.717, 1.165) is 0 Å². The molecule has 20 heavy (non-hydrogen) atoms. The molecule has 0 bridgehead atoms. The zero-order valence-electron chi connectivity index (χ0n) is 10.1. The highest BCUT2D eigenvalue weighted by Gasteiger charge is 2.38. The molecule has 1 aromatic heterocycles. The second-order valence-corrected chi connectivity index (χ2v) is 3.63. The van der Waals surface area contributed by atoms with E-state index in [1.54, 1.807) is 0 Å². The van der Waals surface area contributed by atoms with Crippen molar-refractivity contribution in [1.29, 1.82) is 0 Å². The van der Waals surface area contributed by atoms with E-state index in [4.69, 9.17) is 0 Å². The standard InChI is InChI=1S/C11H9F6NO2/c1-2-20-7(19)3-5-8(12)6(10(13)14)4-18-9(5)11(15,16)17/h4,10H,2-3H2,1H3. The van der Waals surface area contributed by atoms with Crippen LogP contribution in [0.2, 0.25) is 0 Å². The second-order valence-electron chi connectivity index (χ2n) is 3.63. The van der Waals surface area contributed by atoms with Crippen LogP contribution in [0, 0.1) is 5.82 Å². The van der Waals surface area contributed by atoms with Crippen LogP contribution >= 0.6 is 0 Å². The lowest BCUT2D eigenvalue weighted by molar-refractivity contribution is -0.145. The van der Waals surface area contributed by atoms with Crippen molar-refractivity contribution in [3.63, 3.8) is 0 Å². The number of ether oxygens (including phenoxy) is 1.